The van der Waals surface area contributed by atoms with E-state index in [0.29, 0.717) is 0 Å². The summed E-state index contributed by atoms with van der Waals surface area (Å²) in [6.07, 6.45) is 4.36. The monoisotopic (exact) mass is 347 g/mol. The van der Waals surface area contributed by atoms with Crippen molar-refractivity contribution in [3.8, 4) is 11.8 Å². The molecule has 0 bridgehead atoms. The summed E-state index contributed by atoms with van der Waals surface area (Å²) in [5.41, 5.74) is 3.84. The summed E-state index contributed by atoms with van der Waals surface area (Å²) >= 11 is 0. The molecule has 5 heteroatoms. The average molecular weight is 347 g/mol. The van der Waals surface area contributed by atoms with Gasteiger partial charge < -0.3 is 15.3 Å². The molecule has 0 radical (unpaired) electrons. The zero-order chi connectivity index (χ0) is 18.1. The molecular formula is C21H21N3O2. The molecule has 0 spiro atoms. The van der Waals surface area contributed by atoms with Crippen LogP contribution in [-0.4, -0.2) is 40.1 Å². The third kappa shape index (κ3) is 2.93. The summed E-state index contributed by atoms with van der Waals surface area (Å²) in [4.78, 5) is 18.1. The molecule has 4 rings (SSSR count). The van der Waals surface area contributed by atoms with Crippen LogP contribution in [0.4, 0.5) is 5.69 Å². The van der Waals surface area contributed by atoms with Crippen molar-refractivity contribution in [1.29, 1.82) is 0 Å². The fourth-order valence-corrected chi connectivity index (χ4v) is 4.07. The quantitative estimate of drug-likeness (QED) is 0.776. The van der Waals surface area contributed by atoms with Crippen LogP contribution in [-0.2, 0) is 4.79 Å². The highest BCUT2D eigenvalue weighted by Crippen LogP contribution is 2.46. The largest absolute Gasteiger partial charge is 0.394 e. The lowest BCUT2D eigenvalue weighted by atomic mass is 9.82. The first kappa shape index (κ1) is 16.6. The Morgan fingerprint density at radius 2 is 2.19 bits per heavy atom. The molecule has 1 aromatic heterocycles. The Kier molecular flexibility index (Phi) is 4.36. The summed E-state index contributed by atoms with van der Waals surface area (Å²) in [7, 11) is 0. The molecule has 1 aromatic carbocycles. The van der Waals surface area contributed by atoms with Crippen LogP contribution in [0.1, 0.15) is 36.1 Å². The van der Waals surface area contributed by atoms with Crippen LogP contribution in [0.15, 0.2) is 42.7 Å². The number of rotatable bonds is 1. The highest BCUT2D eigenvalue weighted by Gasteiger charge is 2.44. The number of nitrogens with one attached hydrogen (secondary N) is 1. The van der Waals surface area contributed by atoms with Gasteiger partial charge in [0.15, 0.2) is 0 Å². The minimum absolute atomic E-state index is 0.000965. The second kappa shape index (κ2) is 6.81. The molecule has 0 aliphatic carbocycles. The molecule has 26 heavy (non-hydrogen) atoms. The number of benzene rings is 1. The molecule has 2 aliphatic rings. The van der Waals surface area contributed by atoms with E-state index >= 15 is 0 Å². The van der Waals surface area contributed by atoms with Crippen molar-refractivity contribution in [1.82, 2.24) is 9.88 Å². The molecule has 3 heterocycles. The van der Waals surface area contributed by atoms with Crippen LogP contribution >= 0.6 is 0 Å². The smallest absolute Gasteiger partial charge is 0.219 e. The molecule has 2 N–H and O–H groups in total. The van der Waals surface area contributed by atoms with E-state index in [2.05, 4.69) is 28.2 Å². The summed E-state index contributed by atoms with van der Waals surface area (Å²) in [5.74, 6) is 6.62. The molecule has 132 valence electrons. The zero-order valence-corrected chi connectivity index (χ0v) is 14.6. The number of carbonyl (C=O) groups excluding carboxylic acids is 1. The molecule has 0 saturated carbocycles. The first-order valence-corrected chi connectivity index (χ1v) is 8.88. The van der Waals surface area contributed by atoms with Crippen molar-refractivity contribution in [2.45, 2.75) is 25.4 Å². The van der Waals surface area contributed by atoms with E-state index in [9.17, 15) is 9.90 Å². The van der Waals surface area contributed by atoms with Crippen molar-refractivity contribution >= 4 is 11.6 Å². The molecule has 2 aliphatic heterocycles. The van der Waals surface area contributed by atoms with Gasteiger partial charge in [0.1, 0.15) is 0 Å². The number of nitrogens with zero attached hydrogens (tertiary/aromatic N) is 2. The topological polar surface area (TPSA) is 65.5 Å². The SMILES string of the molecule is CC(=O)N1CC[C@@H]2[C@@H](CO)Nc3ccc(C#Cc4cccnc4)cc3[C@@H]21. The minimum atomic E-state index is -0.0239. The van der Waals surface area contributed by atoms with Crippen LogP contribution in [0.25, 0.3) is 0 Å². The maximum atomic E-state index is 12.1. The van der Waals surface area contributed by atoms with Crippen molar-refractivity contribution in [2.75, 3.05) is 18.5 Å². The predicted molar refractivity (Wildman–Crippen MR) is 99.4 cm³/mol. The van der Waals surface area contributed by atoms with E-state index in [-0.39, 0.29) is 30.5 Å². The van der Waals surface area contributed by atoms with Gasteiger partial charge in [0.25, 0.3) is 0 Å². The number of carbonyl (C=O) groups is 1. The van der Waals surface area contributed by atoms with Gasteiger partial charge in [-0.05, 0) is 42.3 Å². The second-order valence-electron chi connectivity index (χ2n) is 6.84. The van der Waals surface area contributed by atoms with Crippen LogP contribution in [0, 0.1) is 17.8 Å². The van der Waals surface area contributed by atoms with Gasteiger partial charge in [-0.2, -0.15) is 0 Å². The second-order valence-corrected chi connectivity index (χ2v) is 6.84. The molecule has 1 fully saturated rings. The fourth-order valence-electron chi connectivity index (χ4n) is 4.07. The van der Waals surface area contributed by atoms with Crippen molar-refractivity contribution in [3.05, 3.63) is 59.4 Å². The number of amides is 1. The van der Waals surface area contributed by atoms with E-state index in [4.69, 9.17) is 0 Å². The normalized spacial score (nSPS) is 23.3. The number of aliphatic hydroxyl groups excluding tert-OH is 1. The summed E-state index contributed by atoms with van der Waals surface area (Å²) in [6, 6.07) is 9.80. The predicted octanol–water partition coefficient (Wildman–Crippen LogP) is 2.18. The maximum Gasteiger partial charge on any atom is 0.219 e. The third-order valence-electron chi connectivity index (χ3n) is 5.29. The van der Waals surface area contributed by atoms with Crippen LogP contribution < -0.4 is 5.32 Å². The first-order valence-electron chi connectivity index (χ1n) is 8.88. The third-order valence-corrected chi connectivity index (χ3v) is 5.29. The number of aliphatic hydroxyl groups is 1. The number of fused-ring (bicyclic) bond motifs is 3. The number of anilines is 1. The Balaban J connectivity index is 1.72. The Morgan fingerprint density at radius 3 is 2.92 bits per heavy atom. The first-order chi connectivity index (χ1) is 12.7. The lowest BCUT2D eigenvalue weighted by molar-refractivity contribution is -0.130. The molecule has 0 unspecified atom stereocenters. The van der Waals surface area contributed by atoms with E-state index in [1.807, 2.05) is 29.2 Å². The van der Waals surface area contributed by atoms with Gasteiger partial charge in [0.2, 0.25) is 5.91 Å². The molecule has 1 saturated heterocycles. The number of hydrogen-bond donors (Lipinski definition) is 2. The maximum absolute atomic E-state index is 12.1. The Morgan fingerprint density at radius 1 is 1.35 bits per heavy atom. The van der Waals surface area contributed by atoms with Gasteiger partial charge in [0.05, 0.1) is 18.7 Å². The van der Waals surface area contributed by atoms with Crippen LogP contribution in [0.3, 0.4) is 0 Å². The van der Waals surface area contributed by atoms with Gasteiger partial charge in [-0.1, -0.05) is 11.8 Å². The Hall–Kier alpha value is -2.84. The lowest BCUT2D eigenvalue weighted by Crippen LogP contribution is -2.42. The van der Waals surface area contributed by atoms with E-state index in [0.717, 1.165) is 35.3 Å². The number of pyridine rings is 1. The van der Waals surface area contributed by atoms with E-state index in [1.165, 1.54) is 0 Å². The standard InChI is InChI=1S/C21H21N3O2/c1-14(26)24-10-8-17-20(13-25)23-19-7-6-15(11-18(19)21(17)24)4-5-16-3-2-9-22-12-16/h2-3,6-7,9,11-12,17,20-21,23,25H,8,10,13H2,1H3/t17-,20-,21-/m1/s1. The molecule has 2 aromatic rings. The average Bonchev–Trinajstić information content (AvgIpc) is 3.12. The van der Waals surface area contributed by atoms with E-state index in [1.54, 1.807) is 19.3 Å². The van der Waals surface area contributed by atoms with Crippen LogP contribution in [0.5, 0.6) is 0 Å². The van der Waals surface area contributed by atoms with Crippen molar-refractivity contribution in [3.63, 3.8) is 0 Å². The number of likely N-dealkylation sites (tertiary alicyclic amines) is 1. The van der Waals surface area contributed by atoms with Crippen LogP contribution in [0.2, 0.25) is 0 Å². The van der Waals surface area contributed by atoms with Crippen molar-refractivity contribution in [2.24, 2.45) is 5.92 Å². The minimum Gasteiger partial charge on any atom is -0.394 e. The van der Waals surface area contributed by atoms with Gasteiger partial charge in [-0.3, -0.25) is 9.78 Å². The zero-order valence-electron chi connectivity index (χ0n) is 14.6. The van der Waals surface area contributed by atoms with Gasteiger partial charge in [-0.25, -0.2) is 0 Å². The van der Waals surface area contributed by atoms with Gasteiger partial charge in [-0.15, -0.1) is 0 Å². The molecule has 5 nitrogen and oxygen atoms in total. The van der Waals surface area contributed by atoms with E-state index < -0.39 is 0 Å². The fraction of sp³-hybridized carbons (Fsp3) is 0.333. The number of hydrogen-bond acceptors (Lipinski definition) is 4. The van der Waals surface area contributed by atoms with Crippen molar-refractivity contribution < 1.29 is 9.90 Å². The summed E-state index contributed by atoms with van der Waals surface area (Å²) in [5, 5.41) is 13.2. The van der Waals surface area contributed by atoms with Gasteiger partial charge >= 0.3 is 0 Å². The molecule has 1 amide bonds. The highest BCUT2D eigenvalue weighted by molar-refractivity contribution is 5.75. The Labute approximate surface area is 153 Å². The lowest BCUT2D eigenvalue weighted by Gasteiger charge is -2.39. The summed E-state index contributed by atoms with van der Waals surface area (Å²) in [6.45, 7) is 2.41. The molecule has 3 atom stereocenters. The molecular weight excluding hydrogens is 326 g/mol. The van der Waals surface area contributed by atoms with Gasteiger partial charge in [0, 0.05) is 48.6 Å². The summed E-state index contributed by atoms with van der Waals surface area (Å²) < 4.78 is 0. The number of aromatic nitrogens is 1. The Bertz CT molecular complexity index is 885. The highest BCUT2D eigenvalue weighted by atomic mass is 16.3.